The number of aromatic amines is 1. The third kappa shape index (κ3) is 3.93. The summed E-state index contributed by atoms with van der Waals surface area (Å²) >= 11 is 0.986. The van der Waals surface area contributed by atoms with Crippen molar-refractivity contribution in [3.63, 3.8) is 0 Å². The Labute approximate surface area is 210 Å². The molecule has 0 bridgehead atoms. The highest BCUT2D eigenvalue weighted by atomic mass is 32.2. The molecule has 0 spiro atoms. The van der Waals surface area contributed by atoms with Crippen molar-refractivity contribution in [1.29, 1.82) is 0 Å². The van der Waals surface area contributed by atoms with Gasteiger partial charge in [0.25, 0.3) is 11.6 Å². The number of nitrogens with zero attached hydrogens (tertiary/aromatic N) is 6. The summed E-state index contributed by atoms with van der Waals surface area (Å²) in [5.74, 6) is -6.44. The highest BCUT2D eigenvalue weighted by Gasteiger charge is 2.73. The van der Waals surface area contributed by atoms with Gasteiger partial charge in [0.15, 0.2) is 26.1 Å². The van der Waals surface area contributed by atoms with Crippen LogP contribution in [0.3, 0.4) is 0 Å². The van der Waals surface area contributed by atoms with E-state index in [4.69, 9.17) is 15.6 Å². The van der Waals surface area contributed by atoms with E-state index in [-0.39, 0.29) is 23.1 Å². The van der Waals surface area contributed by atoms with E-state index in [1.807, 2.05) is 0 Å². The number of anilines is 1. The van der Waals surface area contributed by atoms with E-state index in [0.717, 1.165) is 16.2 Å². The first-order valence-electron chi connectivity index (χ1n) is 10.5. The minimum absolute atomic E-state index is 0.0188. The predicted octanol–water partition coefficient (Wildman–Crippen LogP) is -3.21. The number of thiazole rings is 1. The van der Waals surface area contributed by atoms with E-state index in [1.165, 1.54) is 5.38 Å². The van der Waals surface area contributed by atoms with Crippen molar-refractivity contribution in [3.8, 4) is 0 Å². The van der Waals surface area contributed by atoms with E-state index in [1.54, 1.807) is 0 Å². The summed E-state index contributed by atoms with van der Waals surface area (Å²) in [6.45, 7) is -1.29. The number of nitrogens with two attached hydrogens (primary N) is 1. The third-order valence-electron chi connectivity index (χ3n) is 6.04. The highest BCUT2D eigenvalue weighted by Crippen LogP contribution is 2.54. The lowest BCUT2D eigenvalue weighted by Gasteiger charge is -2.57. The van der Waals surface area contributed by atoms with Gasteiger partial charge < -0.3 is 25.7 Å². The molecule has 18 nitrogen and oxygen atoms in total. The van der Waals surface area contributed by atoms with Gasteiger partial charge in [0.1, 0.15) is 5.69 Å². The maximum absolute atomic E-state index is 13.2. The van der Waals surface area contributed by atoms with E-state index in [2.05, 4.69) is 40.9 Å². The van der Waals surface area contributed by atoms with Gasteiger partial charge in [-0.1, -0.05) is 5.16 Å². The number of nitrogens with one attached hydrogen (secondary N) is 2. The van der Waals surface area contributed by atoms with E-state index in [0.29, 0.717) is 0 Å². The summed E-state index contributed by atoms with van der Waals surface area (Å²) in [6.07, 6.45) is -0.259. The van der Waals surface area contributed by atoms with Crippen LogP contribution in [0.15, 0.2) is 10.5 Å². The van der Waals surface area contributed by atoms with Gasteiger partial charge in [0.2, 0.25) is 18.3 Å². The molecule has 0 radical (unpaired) electrons. The number of rotatable bonds is 8. The van der Waals surface area contributed by atoms with Crippen LogP contribution in [-0.2, 0) is 44.3 Å². The fraction of sp³-hybridized carbons (Fsp3) is 0.471. The van der Waals surface area contributed by atoms with Crippen molar-refractivity contribution in [2.24, 2.45) is 17.0 Å². The number of sulfone groups is 1. The first kappa shape index (κ1) is 24.5. The Bertz CT molecular complexity index is 1420. The van der Waals surface area contributed by atoms with Crippen LogP contribution in [0.25, 0.3) is 0 Å². The molecule has 2 aromatic rings. The van der Waals surface area contributed by atoms with Crippen molar-refractivity contribution in [3.05, 3.63) is 16.9 Å². The second-order valence-electron chi connectivity index (χ2n) is 8.24. The minimum Gasteiger partial charge on any atom is -0.479 e. The fourth-order valence-corrected chi connectivity index (χ4v) is 7.56. The number of β-lactam (4-membered cyclic amide) rings is 1. The molecule has 2 aromatic heterocycles. The van der Waals surface area contributed by atoms with Crippen molar-refractivity contribution >= 4 is 55.8 Å². The number of carboxylic acid groups (broad SMARTS) is 1. The molecule has 3 aliphatic rings. The molecule has 5 N–H and O–H groups in total. The Morgan fingerprint density at radius 1 is 1.43 bits per heavy atom. The SMILES string of the molecule is Nc1nc(/C(=N/OCC(=O)O)C(=O)NC[C@@H]2C(=O)N3[C@@H]2S(=O)(=O)C[C@@H]2CC(=O)O[C@@]23c2nnn[nH]2)cs1. The van der Waals surface area contributed by atoms with Gasteiger partial charge in [0.05, 0.1) is 24.0 Å². The van der Waals surface area contributed by atoms with Gasteiger partial charge in [0, 0.05) is 11.9 Å². The van der Waals surface area contributed by atoms with Crippen molar-refractivity contribution in [2.45, 2.75) is 17.5 Å². The molecule has 196 valence electrons. The predicted molar refractivity (Wildman–Crippen MR) is 118 cm³/mol. The number of oxime groups is 1. The number of carbonyl (C=O) groups excluding carboxylic acids is 3. The number of hydrogen-bond acceptors (Lipinski definition) is 15. The molecule has 5 heterocycles. The first-order chi connectivity index (χ1) is 17.5. The summed E-state index contributed by atoms with van der Waals surface area (Å²) in [7, 11) is -3.96. The van der Waals surface area contributed by atoms with E-state index >= 15 is 0 Å². The van der Waals surface area contributed by atoms with Crippen LogP contribution in [0.5, 0.6) is 0 Å². The normalized spacial score (nSPS) is 28.1. The Morgan fingerprint density at radius 3 is 2.86 bits per heavy atom. The molecule has 3 fully saturated rings. The van der Waals surface area contributed by atoms with Gasteiger partial charge in [-0.05, 0) is 10.4 Å². The number of aliphatic carboxylic acids is 1. The van der Waals surface area contributed by atoms with Crippen LogP contribution in [0.4, 0.5) is 5.13 Å². The van der Waals surface area contributed by atoms with Gasteiger partial charge in [-0.2, -0.15) is 0 Å². The summed E-state index contributed by atoms with van der Waals surface area (Å²) in [4.78, 5) is 58.5. The Hall–Kier alpha value is -4.20. The largest absolute Gasteiger partial charge is 0.479 e. The molecule has 37 heavy (non-hydrogen) atoms. The van der Waals surface area contributed by atoms with Crippen LogP contribution in [0.2, 0.25) is 0 Å². The first-order valence-corrected chi connectivity index (χ1v) is 13.1. The number of tetrazole rings is 1. The topological polar surface area (TPSA) is 262 Å². The van der Waals surface area contributed by atoms with E-state index < -0.39 is 81.1 Å². The second-order valence-corrected chi connectivity index (χ2v) is 11.3. The van der Waals surface area contributed by atoms with Crippen molar-refractivity contribution in [2.75, 3.05) is 24.6 Å². The van der Waals surface area contributed by atoms with Gasteiger partial charge in [-0.25, -0.2) is 23.3 Å². The van der Waals surface area contributed by atoms with Crippen LogP contribution < -0.4 is 11.1 Å². The lowest BCUT2D eigenvalue weighted by atomic mass is 9.86. The summed E-state index contributed by atoms with van der Waals surface area (Å²) in [6, 6.07) is 0. The van der Waals surface area contributed by atoms with Gasteiger partial charge in [-0.3, -0.25) is 19.3 Å². The quantitative estimate of drug-likeness (QED) is 0.108. The summed E-state index contributed by atoms with van der Waals surface area (Å²) in [5, 5.41) is 27.8. The molecule has 4 atom stereocenters. The lowest BCUT2D eigenvalue weighted by Crippen LogP contribution is -2.77. The number of esters is 1. The zero-order chi connectivity index (χ0) is 26.5. The molecule has 0 aliphatic carbocycles. The fourth-order valence-electron chi connectivity index (χ4n) is 4.62. The number of amides is 2. The van der Waals surface area contributed by atoms with Crippen LogP contribution >= 0.6 is 11.3 Å². The van der Waals surface area contributed by atoms with Crippen LogP contribution in [0.1, 0.15) is 17.9 Å². The van der Waals surface area contributed by atoms with E-state index in [9.17, 15) is 27.6 Å². The number of nitrogen functional groups attached to an aromatic ring is 1. The summed E-state index contributed by atoms with van der Waals surface area (Å²) in [5.41, 5.74) is 3.32. The Balaban J connectivity index is 1.38. The molecule has 0 unspecified atom stereocenters. The second kappa shape index (κ2) is 8.73. The average Bonchev–Trinajstić information content (AvgIpc) is 3.55. The minimum atomic E-state index is -3.96. The average molecular weight is 556 g/mol. The van der Waals surface area contributed by atoms with Gasteiger partial charge >= 0.3 is 11.9 Å². The lowest BCUT2D eigenvalue weighted by molar-refractivity contribution is -0.215. The molecule has 0 aromatic carbocycles. The van der Waals surface area contributed by atoms with Crippen molar-refractivity contribution in [1.82, 2.24) is 35.8 Å². The standard InChI is InChI=1S/C17H17N9O9S2/c18-16-20-8(4-36-16)11(23-34-3-9(27)28)12(30)19-2-7-13(31)26-14(7)37(32,33)5-6-1-10(29)35-17(6,26)15-21-24-25-22-15/h4,6-7,14H,1-3,5H2,(H2,18,20)(H,19,30)(H,27,28)(H,21,22,24,25)/b23-11-/t6-,7+,14+,17+/m0/s1. The van der Waals surface area contributed by atoms with Crippen LogP contribution in [0, 0.1) is 11.8 Å². The molecule has 3 aliphatic heterocycles. The Kier molecular flexibility index (Phi) is 5.78. The number of carbonyl (C=O) groups is 4. The molecule has 0 saturated carbocycles. The molecule has 2 amide bonds. The summed E-state index contributed by atoms with van der Waals surface area (Å²) < 4.78 is 31.7. The molecule has 5 rings (SSSR count). The molecular formula is C17H17N9O9S2. The number of ether oxygens (including phenoxy) is 1. The zero-order valence-corrected chi connectivity index (χ0v) is 20.1. The Morgan fingerprint density at radius 2 is 2.22 bits per heavy atom. The monoisotopic (exact) mass is 555 g/mol. The molecule has 20 heteroatoms. The zero-order valence-electron chi connectivity index (χ0n) is 18.4. The number of hydrogen-bond donors (Lipinski definition) is 4. The van der Waals surface area contributed by atoms with Crippen molar-refractivity contribution < 1.29 is 42.3 Å². The smallest absolute Gasteiger partial charge is 0.344 e. The maximum Gasteiger partial charge on any atom is 0.344 e. The number of fused-ring (bicyclic) bond motifs is 3. The van der Waals surface area contributed by atoms with Crippen LogP contribution in [-0.4, -0.2) is 97.8 Å². The third-order valence-corrected chi connectivity index (χ3v) is 8.86. The maximum atomic E-state index is 13.2. The molecular weight excluding hydrogens is 538 g/mol. The highest BCUT2D eigenvalue weighted by molar-refractivity contribution is 7.92. The molecule has 3 saturated heterocycles. The van der Waals surface area contributed by atoms with Gasteiger partial charge in [-0.15, -0.1) is 16.4 Å². The number of H-pyrrole nitrogens is 1. The number of carboxylic acids is 1. The number of aromatic nitrogens is 5.